The number of alkyl halides is 2. The summed E-state index contributed by atoms with van der Waals surface area (Å²) in [6, 6.07) is 9.75. The van der Waals surface area contributed by atoms with Crippen molar-refractivity contribution in [3.63, 3.8) is 0 Å². The first kappa shape index (κ1) is 29.1. The van der Waals surface area contributed by atoms with Crippen molar-refractivity contribution in [2.75, 3.05) is 13.1 Å². The summed E-state index contributed by atoms with van der Waals surface area (Å²) in [6.45, 7) is 3.38. The summed E-state index contributed by atoms with van der Waals surface area (Å²) in [5.41, 5.74) is 7.24. The van der Waals surface area contributed by atoms with Crippen molar-refractivity contribution in [1.82, 2.24) is 15.2 Å². The number of guanidine groups is 1. The number of benzene rings is 2. The fourth-order valence-corrected chi connectivity index (χ4v) is 4.62. The number of halogens is 4. The molecule has 0 aromatic heterocycles. The van der Waals surface area contributed by atoms with Crippen molar-refractivity contribution in [3.8, 4) is 11.9 Å². The average Bonchev–Trinajstić information content (AvgIpc) is 3.28. The molecule has 2 aromatic carbocycles. The average molecular weight is 566 g/mol. The molecular weight excluding hydrogens is 539 g/mol. The van der Waals surface area contributed by atoms with Crippen LogP contribution in [-0.2, 0) is 4.79 Å². The number of carbonyl (C=O) groups excluding carboxylic acids is 1. The maximum atomic E-state index is 12.7. The number of carbonyl (C=O) groups is 1. The zero-order valence-corrected chi connectivity index (χ0v) is 22.4. The number of nitrogens with one attached hydrogen (secondary N) is 1. The predicted octanol–water partition coefficient (Wildman–Crippen LogP) is 4.57. The maximum absolute atomic E-state index is 12.7. The van der Waals surface area contributed by atoms with Gasteiger partial charge in [-0.05, 0) is 36.7 Å². The van der Waals surface area contributed by atoms with Crippen molar-refractivity contribution in [3.05, 3.63) is 58.1 Å². The SMILES string of the molecule is CCN(C1CN(C(=Nc2cccc(OC(F)F)c2)NC#N)N=C1c1ccc(Cl)c(Cl)c1)[C@@H](C(N)=O)C(C)C. The quantitative estimate of drug-likeness (QED) is 0.199. The Hall–Kier alpha value is -3.46. The summed E-state index contributed by atoms with van der Waals surface area (Å²) in [6.07, 6.45) is 1.83. The van der Waals surface area contributed by atoms with Gasteiger partial charge in [0, 0.05) is 11.6 Å². The van der Waals surface area contributed by atoms with E-state index < -0.39 is 24.6 Å². The van der Waals surface area contributed by atoms with E-state index in [2.05, 4.69) is 15.0 Å². The van der Waals surface area contributed by atoms with E-state index in [0.717, 1.165) is 0 Å². The normalized spacial score (nSPS) is 16.6. The van der Waals surface area contributed by atoms with Crippen molar-refractivity contribution < 1.29 is 18.3 Å². The Morgan fingerprint density at radius 1 is 1.32 bits per heavy atom. The molecule has 1 amide bonds. The number of ether oxygens (including phenoxy) is 1. The molecule has 38 heavy (non-hydrogen) atoms. The summed E-state index contributed by atoms with van der Waals surface area (Å²) in [5.74, 6) is -0.624. The van der Waals surface area contributed by atoms with Crippen LogP contribution in [0.5, 0.6) is 5.75 Å². The third-order valence-corrected chi connectivity index (χ3v) is 6.58. The van der Waals surface area contributed by atoms with E-state index in [4.69, 9.17) is 34.0 Å². The minimum atomic E-state index is -3.00. The first-order valence-corrected chi connectivity index (χ1v) is 12.5. The van der Waals surface area contributed by atoms with Crippen LogP contribution in [0.4, 0.5) is 14.5 Å². The molecule has 1 aliphatic rings. The third kappa shape index (κ3) is 6.89. The highest BCUT2D eigenvalue weighted by Crippen LogP contribution is 2.29. The molecule has 1 heterocycles. The third-order valence-electron chi connectivity index (χ3n) is 5.84. The van der Waals surface area contributed by atoms with Crippen LogP contribution in [0.2, 0.25) is 10.0 Å². The van der Waals surface area contributed by atoms with Gasteiger partial charge in [-0.3, -0.25) is 15.0 Å². The standard InChI is InChI=1S/C25H27Cl2F2N7O2/c1-4-35(22(14(2)3)23(31)37)20-12-36(34-21(20)15-8-9-18(26)19(27)10-15)25(32-13-30)33-16-6-5-7-17(11-16)38-24(28)29/h5-11,14,20,22,24H,4,12H2,1-3H3,(H2,31,37)(H,32,33)/t20?,22-/m1/s1. The molecule has 0 bridgehead atoms. The monoisotopic (exact) mass is 565 g/mol. The minimum Gasteiger partial charge on any atom is -0.435 e. The first-order valence-electron chi connectivity index (χ1n) is 11.7. The van der Waals surface area contributed by atoms with Gasteiger partial charge in [-0.15, -0.1) is 0 Å². The lowest BCUT2D eigenvalue weighted by Gasteiger charge is -2.36. The van der Waals surface area contributed by atoms with Crippen LogP contribution in [0.3, 0.4) is 0 Å². The van der Waals surface area contributed by atoms with Gasteiger partial charge in [0.1, 0.15) is 5.75 Å². The summed E-state index contributed by atoms with van der Waals surface area (Å²) < 4.78 is 29.8. The van der Waals surface area contributed by atoms with Gasteiger partial charge in [0.25, 0.3) is 0 Å². The summed E-state index contributed by atoms with van der Waals surface area (Å²) in [7, 11) is 0. The van der Waals surface area contributed by atoms with Gasteiger partial charge in [-0.1, -0.05) is 56.1 Å². The second kappa shape index (κ2) is 12.9. The van der Waals surface area contributed by atoms with Gasteiger partial charge >= 0.3 is 6.61 Å². The number of nitrogens with two attached hydrogens (primary N) is 1. The van der Waals surface area contributed by atoms with Gasteiger partial charge in [-0.25, -0.2) is 10.0 Å². The second-order valence-corrected chi connectivity index (χ2v) is 9.50. The highest BCUT2D eigenvalue weighted by Gasteiger charge is 2.40. The molecule has 202 valence electrons. The molecular formula is C25H27Cl2F2N7O2. The Balaban J connectivity index is 2.09. The summed E-state index contributed by atoms with van der Waals surface area (Å²) in [4.78, 5) is 18.8. The molecule has 1 aliphatic heterocycles. The Bertz CT molecular complexity index is 1270. The minimum absolute atomic E-state index is 0.0398. The number of aliphatic imine (C=N–C) groups is 1. The van der Waals surface area contributed by atoms with Crippen molar-refractivity contribution in [1.29, 1.82) is 5.26 Å². The molecule has 9 nitrogen and oxygen atoms in total. The number of primary amides is 1. The molecule has 0 saturated carbocycles. The molecule has 0 saturated heterocycles. The van der Waals surface area contributed by atoms with Crippen LogP contribution >= 0.6 is 23.2 Å². The Morgan fingerprint density at radius 2 is 2.05 bits per heavy atom. The highest BCUT2D eigenvalue weighted by atomic mass is 35.5. The van der Waals surface area contributed by atoms with E-state index in [1.807, 2.05) is 31.9 Å². The Kier molecular flexibility index (Phi) is 9.85. The van der Waals surface area contributed by atoms with E-state index >= 15 is 0 Å². The van der Waals surface area contributed by atoms with Gasteiger partial charge in [-0.2, -0.15) is 19.1 Å². The van der Waals surface area contributed by atoms with Gasteiger partial charge < -0.3 is 10.5 Å². The van der Waals surface area contributed by atoms with E-state index in [1.165, 1.54) is 23.2 Å². The Morgan fingerprint density at radius 3 is 2.63 bits per heavy atom. The van der Waals surface area contributed by atoms with E-state index in [9.17, 15) is 18.8 Å². The molecule has 0 aliphatic carbocycles. The fraction of sp³-hybridized carbons (Fsp3) is 0.360. The van der Waals surface area contributed by atoms with Crippen LogP contribution in [-0.4, -0.2) is 59.3 Å². The van der Waals surface area contributed by atoms with Gasteiger partial charge in [0.05, 0.1) is 40.1 Å². The number of nitrogens with zero attached hydrogens (tertiary/aromatic N) is 5. The van der Waals surface area contributed by atoms with Crippen LogP contribution in [0.1, 0.15) is 26.3 Å². The molecule has 3 N–H and O–H groups in total. The van der Waals surface area contributed by atoms with Crippen LogP contribution < -0.4 is 15.8 Å². The lowest BCUT2D eigenvalue weighted by Crippen LogP contribution is -2.56. The zero-order chi connectivity index (χ0) is 28.0. The zero-order valence-electron chi connectivity index (χ0n) is 20.9. The molecule has 2 aromatic rings. The number of likely N-dealkylation sites (N-methyl/N-ethyl adjacent to an activating group) is 1. The van der Waals surface area contributed by atoms with Crippen LogP contribution in [0.25, 0.3) is 0 Å². The van der Waals surface area contributed by atoms with Crippen molar-refractivity contribution in [2.45, 2.75) is 39.5 Å². The van der Waals surface area contributed by atoms with E-state index in [1.54, 1.807) is 24.3 Å². The molecule has 0 fully saturated rings. The molecule has 13 heteroatoms. The Labute approximate surface area is 229 Å². The maximum Gasteiger partial charge on any atom is 0.387 e. The summed E-state index contributed by atoms with van der Waals surface area (Å²) in [5, 5.41) is 18.8. The molecule has 2 atom stereocenters. The highest BCUT2D eigenvalue weighted by molar-refractivity contribution is 6.42. The van der Waals surface area contributed by atoms with Gasteiger partial charge in [0.2, 0.25) is 11.9 Å². The number of nitriles is 1. The molecule has 3 rings (SSSR count). The van der Waals surface area contributed by atoms with Crippen LogP contribution in [0.15, 0.2) is 52.6 Å². The largest absolute Gasteiger partial charge is 0.435 e. The van der Waals surface area contributed by atoms with Crippen molar-refractivity contribution in [2.24, 2.45) is 21.7 Å². The van der Waals surface area contributed by atoms with E-state index in [-0.39, 0.29) is 29.9 Å². The van der Waals surface area contributed by atoms with Crippen LogP contribution in [0, 0.1) is 17.4 Å². The lowest BCUT2D eigenvalue weighted by atomic mass is 9.96. The number of hydrazone groups is 1. The number of amides is 1. The van der Waals surface area contributed by atoms with Gasteiger partial charge in [0.15, 0.2) is 6.19 Å². The predicted molar refractivity (Wildman–Crippen MR) is 143 cm³/mol. The lowest BCUT2D eigenvalue weighted by molar-refractivity contribution is -0.125. The number of hydrogen-bond acceptors (Lipinski definition) is 6. The number of hydrogen-bond donors (Lipinski definition) is 2. The molecule has 0 radical (unpaired) electrons. The molecule has 0 spiro atoms. The fourth-order valence-electron chi connectivity index (χ4n) is 4.33. The topological polar surface area (TPSA) is 119 Å². The summed E-state index contributed by atoms with van der Waals surface area (Å²) >= 11 is 12.4. The van der Waals surface area contributed by atoms with Crippen molar-refractivity contribution >= 4 is 46.5 Å². The molecule has 1 unspecified atom stereocenters. The smallest absolute Gasteiger partial charge is 0.387 e. The second-order valence-electron chi connectivity index (χ2n) is 8.68. The van der Waals surface area contributed by atoms with E-state index in [0.29, 0.717) is 27.9 Å². The number of rotatable bonds is 9. The first-order chi connectivity index (χ1) is 18.0.